The van der Waals surface area contributed by atoms with Crippen LogP contribution in [0.4, 0.5) is 0 Å². The molecule has 4 nitrogen and oxygen atoms in total. The number of hydrogen-bond donors (Lipinski definition) is 1. The molecule has 1 aliphatic heterocycles. The molecule has 0 aliphatic carbocycles. The fraction of sp³-hybridized carbons (Fsp3) is 0.571. The van der Waals surface area contributed by atoms with Gasteiger partial charge in [0.1, 0.15) is 16.0 Å². The predicted octanol–water partition coefficient (Wildman–Crippen LogP) is 2.89. The van der Waals surface area contributed by atoms with Crippen LogP contribution in [0.2, 0.25) is 0 Å². The SMILES string of the molecule is COc1cc([C@@H](N)C2CCOCC2)cc(OC)c1Br. The first-order valence-corrected chi connectivity index (χ1v) is 7.21. The minimum absolute atomic E-state index is 0.0141. The second-order valence-electron chi connectivity index (χ2n) is 4.71. The van der Waals surface area contributed by atoms with E-state index in [2.05, 4.69) is 15.9 Å². The molecule has 2 rings (SSSR count). The molecule has 0 aromatic heterocycles. The van der Waals surface area contributed by atoms with Gasteiger partial charge >= 0.3 is 0 Å². The molecular weight excluding hydrogens is 310 g/mol. The Morgan fingerprint density at radius 2 is 1.74 bits per heavy atom. The van der Waals surface area contributed by atoms with Crippen molar-refractivity contribution in [1.82, 2.24) is 0 Å². The van der Waals surface area contributed by atoms with E-state index in [4.69, 9.17) is 19.9 Å². The van der Waals surface area contributed by atoms with Crippen molar-refractivity contribution in [2.45, 2.75) is 18.9 Å². The van der Waals surface area contributed by atoms with Crippen molar-refractivity contribution in [2.24, 2.45) is 11.7 Å². The maximum Gasteiger partial charge on any atom is 0.137 e. The molecule has 0 amide bonds. The Bertz CT molecular complexity index is 408. The number of nitrogens with two attached hydrogens (primary N) is 1. The van der Waals surface area contributed by atoms with Crippen LogP contribution < -0.4 is 15.2 Å². The van der Waals surface area contributed by atoms with Gasteiger partial charge in [-0.2, -0.15) is 0 Å². The van der Waals surface area contributed by atoms with E-state index in [0.29, 0.717) is 5.92 Å². The Balaban J connectivity index is 2.27. The van der Waals surface area contributed by atoms with Crippen LogP contribution in [0, 0.1) is 5.92 Å². The lowest BCUT2D eigenvalue weighted by Crippen LogP contribution is -2.27. The summed E-state index contributed by atoms with van der Waals surface area (Å²) in [6, 6.07) is 3.94. The standard InChI is InChI=1S/C14H20BrNO3/c1-17-11-7-10(8-12(18-2)13(11)15)14(16)9-3-5-19-6-4-9/h7-9,14H,3-6,16H2,1-2H3/t14-/m0/s1. The molecule has 0 saturated carbocycles. The first-order valence-electron chi connectivity index (χ1n) is 6.42. The van der Waals surface area contributed by atoms with Crippen LogP contribution in [0.5, 0.6) is 11.5 Å². The highest BCUT2D eigenvalue weighted by atomic mass is 79.9. The van der Waals surface area contributed by atoms with Gasteiger partial charge in [0, 0.05) is 19.3 Å². The van der Waals surface area contributed by atoms with E-state index in [1.54, 1.807) is 14.2 Å². The first kappa shape index (κ1) is 14.6. The molecule has 1 saturated heterocycles. The Morgan fingerprint density at radius 1 is 1.21 bits per heavy atom. The summed E-state index contributed by atoms with van der Waals surface area (Å²) in [4.78, 5) is 0. The summed E-state index contributed by atoms with van der Waals surface area (Å²) >= 11 is 3.47. The van der Waals surface area contributed by atoms with Crippen molar-refractivity contribution in [3.8, 4) is 11.5 Å². The van der Waals surface area contributed by atoms with E-state index in [0.717, 1.165) is 47.6 Å². The highest BCUT2D eigenvalue weighted by molar-refractivity contribution is 9.10. The molecule has 0 bridgehead atoms. The molecule has 1 heterocycles. The highest BCUT2D eigenvalue weighted by Gasteiger charge is 2.24. The van der Waals surface area contributed by atoms with Gasteiger partial charge in [-0.3, -0.25) is 0 Å². The summed E-state index contributed by atoms with van der Waals surface area (Å²) in [6.45, 7) is 1.59. The van der Waals surface area contributed by atoms with Crippen molar-refractivity contribution in [3.63, 3.8) is 0 Å². The fourth-order valence-corrected chi connectivity index (χ4v) is 2.98. The molecule has 5 heteroatoms. The monoisotopic (exact) mass is 329 g/mol. The van der Waals surface area contributed by atoms with E-state index in [-0.39, 0.29) is 6.04 Å². The zero-order chi connectivity index (χ0) is 13.8. The first-order chi connectivity index (χ1) is 9.17. The molecule has 0 spiro atoms. The zero-order valence-corrected chi connectivity index (χ0v) is 12.9. The van der Waals surface area contributed by atoms with Crippen molar-refractivity contribution in [3.05, 3.63) is 22.2 Å². The van der Waals surface area contributed by atoms with Gasteiger partial charge in [-0.25, -0.2) is 0 Å². The maximum atomic E-state index is 6.39. The summed E-state index contributed by atoms with van der Waals surface area (Å²) in [5.74, 6) is 1.94. The van der Waals surface area contributed by atoms with Crippen molar-refractivity contribution < 1.29 is 14.2 Å². The lowest BCUT2D eigenvalue weighted by molar-refractivity contribution is 0.0583. The van der Waals surface area contributed by atoms with Gasteiger partial charge in [0.2, 0.25) is 0 Å². The Morgan fingerprint density at radius 3 is 2.21 bits per heavy atom. The average molecular weight is 330 g/mol. The average Bonchev–Trinajstić information content (AvgIpc) is 2.47. The lowest BCUT2D eigenvalue weighted by Gasteiger charge is -2.28. The van der Waals surface area contributed by atoms with Crippen molar-refractivity contribution >= 4 is 15.9 Å². The maximum absolute atomic E-state index is 6.39. The van der Waals surface area contributed by atoms with Crippen LogP contribution in [-0.4, -0.2) is 27.4 Å². The summed E-state index contributed by atoms with van der Waals surface area (Å²) < 4.78 is 16.9. The third kappa shape index (κ3) is 3.22. The van der Waals surface area contributed by atoms with Gasteiger partial charge in [0.15, 0.2) is 0 Å². The van der Waals surface area contributed by atoms with Gasteiger partial charge in [0.25, 0.3) is 0 Å². The van der Waals surface area contributed by atoms with Crippen LogP contribution in [0.15, 0.2) is 16.6 Å². The molecular formula is C14H20BrNO3. The summed E-state index contributed by atoms with van der Waals surface area (Å²) in [7, 11) is 3.28. The van der Waals surface area contributed by atoms with E-state index >= 15 is 0 Å². The lowest BCUT2D eigenvalue weighted by atomic mass is 9.87. The van der Waals surface area contributed by atoms with E-state index in [9.17, 15) is 0 Å². The molecule has 1 aromatic carbocycles. The largest absolute Gasteiger partial charge is 0.495 e. The van der Waals surface area contributed by atoms with Crippen molar-refractivity contribution in [2.75, 3.05) is 27.4 Å². The molecule has 1 aromatic rings. The van der Waals surface area contributed by atoms with Crippen LogP contribution in [-0.2, 0) is 4.74 Å². The highest BCUT2D eigenvalue weighted by Crippen LogP contribution is 2.39. The molecule has 1 aliphatic rings. The Kier molecular flexibility index (Phi) is 5.07. The molecule has 106 valence electrons. The third-order valence-electron chi connectivity index (χ3n) is 3.63. The van der Waals surface area contributed by atoms with Gasteiger partial charge in [0.05, 0.1) is 14.2 Å². The quantitative estimate of drug-likeness (QED) is 0.922. The topological polar surface area (TPSA) is 53.7 Å². The number of methoxy groups -OCH3 is 2. The number of hydrogen-bond acceptors (Lipinski definition) is 4. The van der Waals surface area contributed by atoms with Crippen LogP contribution >= 0.6 is 15.9 Å². The van der Waals surface area contributed by atoms with Gasteiger partial charge in [-0.1, -0.05) is 0 Å². The Labute approximate surface area is 122 Å². The molecule has 0 unspecified atom stereocenters. The normalized spacial score (nSPS) is 18.1. The van der Waals surface area contributed by atoms with E-state index < -0.39 is 0 Å². The molecule has 1 atom stereocenters. The van der Waals surface area contributed by atoms with E-state index in [1.165, 1.54) is 0 Å². The minimum Gasteiger partial charge on any atom is -0.495 e. The number of benzene rings is 1. The summed E-state index contributed by atoms with van der Waals surface area (Å²) in [5.41, 5.74) is 7.43. The van der Waals surface area contributed by atoms with Gasteiger partial charge in [-0.15, -0.1) is 0 Å². The minimum atomic E-state index is -0.0141. The van der Waals surface area contributed by atoms with Crippen LogP contribution in [0.1, 0.15) is 24.4 Å². The second kappa shape index (κ2) is 6.59. The number of halogens is 1. The Hall–Kier alpha value is -0.780. The van der Waals surface area contributed by atoms with Crippen LogP contribution in [0.25, 0.3) is 0 Å². The number of rotatable bonds is 4. The molecule has 0 radical (unpaired) electrons. The summed E-state index contributed by atoms with van der Waals surface area (Å²) in [5, 5.41) is 0. The molecule has 1 fully saturated rings. The second-order valence-corrected chi connectivity index (χ2v) is 5.51. The van der Waals surface area contributed by atoms with Gasteiger partial charge in [-0.05, 0) is 52.4 Å². The van der Waals surface area contributed by atoms with E-state index in [1.807, 2.05) is 12.1 Å². The number of ether oxygens (including phenoxy) is 3. The van der Waals surface area contributed by atoms with Gasteiger partial charge < -0.3 is 19.9 Å². The fourth-order valence-electron chi connectivity index (χ4n) is 2.43. The third-order valence-corrected chi connectivity index (χ3v) is 4.41. The van der Waals surface area contributed by atoms with Crippen LogP contribution in [0.3, 0.4) is 0 Å². The zero-order valence-electron chi connectivity index (χ0n) is 11.3. The smallest absolute Gasteiger partial charge is 0.137 e. The predicted molar refractivity (Wildman–Crippen MR) is 77.7 cm³/mol. The van der Waals surface area contributed by atoms with Crippen molar-refractivity contribution in [1.29, 1.82) is 0 Å². The molecule has 2 N–H and O–H groups in total. The summed E-state index contributed by atoms with van der Waals surface area (Å²) in [6.07, 6.45) is 2.00. The molecule has 19 heavy (non-hydrogen) atoms.